The molecule has 21 heavy (non-hydrogen) atoms. The van der Waals surface area contributed by atoms with Crippen LogP contribution in [0.2, 0.25) is 5.82 Å². The van der Waals surface area contributed by atoms with Gasteiger partial charge in [-0.15, -0.1) is 0 Å². The van der Waals surface area contributed by atoms with E-state index in [2.05, 4.69) is 34.6 Å². The minimum Gasteiger partial charge on any atom is -0.463 e. The minimum absolute atomic E-state index is 0.182. The van der Waals surface area contributed by atoms with E-state index in [1.165, 1.54) is 0 Å². The maximum absolute atomic E-state index is 11.9. The number of ether oxygens (including phenoxy) is 1. The molecule has 2 unspecified atom stereocenters. The second kappa shape index (κ2) is 5.77. The maximum Gasteiger partial charge on any atom is 0.461 e. The molecule has 5 heteroatoms. The van der Waals surface area contributed by atoms with Gasteiger partial charge in [-0.05, 0) is 59.2 Å². The standard InChI is InChI=1S/C16H27BO4/c1-7-19-14(18)13-9-8-12(10-11(13)2)17-20-15(3,4)16(5,6)21-17/h9,11-12H,7-8,10H2,1-6H3. The lowest BCUT2D eigenvalue weighted by molar-refractivity contribution is -0.139. The van der Waals surface area contributed by atoms with Crippen LogP contribution >= 0.6 is 0 Å². The van der Waals surface area contributed by atoms with Crippen LogP contribution in [-0.4, -0.2) is 30.9 Å². The van der Waals surface area contributed by atoms with Crippen LogP contribution in [0.5, 0.6) is 0 Å². The number of hydrogen-bond donors (Lipinski definition) is 0. The van der Waals surface area contributed by atoms with Gasteiger partial charge in [-0.3, -0.25) is 0 Å². The largest absolute Gasteiger partial charge is 0.463 e. The Morgan fingerprint density at radius 3 is 2.38 bits per heavy atom. The molecule has 2 atom stereocenters. The summed E-state index contributed by atoms with van der Waals surface area (Å²) in [5, 5.41) is 0. The summed E-state index contributed by atoms with van der Waals surface area (Å²) in [5.74, 6) is 0.290. The molecule has 0 amide bonds. The molecule has 0 aromatic heterocycles. The second-order valence-electron chi connectivity index (χ2n) is 7.14. The van der Waals surface area contributed by atoms with Crippen molar-refractivity contribution in [1.29, 1.82) is 0 Å². The first-order valence-corrected chi connectivity index (χ1v) is 7.90. The van der Waals surface area contributed by atoms with Gasteiger partial charge in [0.25, 0.3) is 0 Å². The number of esters is 1. The van der Waals surface area contributed by atoms with Crippen LogP contribution < -0.4 is 0 Å². The summed E-state index contributed by atoms with van der Waals surface area (Å²) in [6.45, 7) is 12.6. The number of carbonyl (C=O) groups is 1. The molecule has 0 aromatic rings. The second-order valence-corrected chi connectivity index (χ2v) is 7.14. The van der Waals surface area contributed by atoms with Crippen LogP contribution in [0.1, 0.15) is 54.4 Å². The van der Waals surface area contributed by atoms with E-state index in [4.69, 9.17) is 14.0 Å². The van der Waals surface area contributed by atoms with Gasteiger partial charge in [0, 0.05) is 5.57 Å². The zero-order chi connectivity index (χ0) is 15.8. The summed E-state index contributed by atoms with van der Waals surface area (Å²) in [6, 6.07) is 0. The van der Waals surface area contributed by atoms with Crippen molar-refractivity contribution in [3.63, 3.8) is 0 Å². The van der Waals surface area contributed by atoms with E-state index in [9.17, 15) is 4.79 Å². The third-order valence-corrected chi connectivity index (χ3v) is 5.00. The van der Waals surface area contributed by atoms with Crippen molar-refractivity contribution in [2.75, 3.05) is 6.61 Å². The number of allylic oxidation sites excluding steroid dienone is 1. The molecule has 2 rings (SSSR count). The number of carbonyl (C=O) groups excluding carboxylic acids is 1. The lowest BCUT2D eigenvalue weighted by Crippen LogP contribution is -2.41. The lowest BCUT2D eigenvalue weighted by Gasteiger charge is -2.32. The first-order valence-electron chi connectivity index (χ1n) is 7.90. The van der Waals surface area contributed by atoms with E-state index in [-0.39, 0.29) is 30.2 Å². The van der Waals surface area contributed by atoms with Gasteiger partial charge in [0.05, 0.1) is 17.8 Å². The van der Waals surface area contributed by atoms with Crippen molar-refractivity contribution < 1.29 is 18.8 Å². The van der Waals surface area contributed by atoms with E-state index in [0.717, 1.165) is 18.4 Å². The molecule has 0 aromatic carbocycles. The molecule has 0 bridgehead atoms. The predicted molar refractivity (Wildman–Crippen MR) is 82.9 cm³/mol. The van der Waals surface area contributed by atoms with E-state index in [1.807, 2.05) is 13.0 Å². The summed E-state index contributed by atoms with van der Waals surface area (Å²) in [6.07, 6.45) is 3.69. The van der Waals surface area contributed by atoms with Crippen molar-refractivity contribution >= 4 is 13.1 Å². The first-order chi connectivity index (χ1) is 9.68. The third-order valence-electron chi connectivity index (χ3n) is 5.00. The van der Waals surface area contributed by atoms with Crippen molar-refractivity contribution in [2.45, 2.75) is 71.4 Å². The monoisotopic (exact) mass is 294 g/mol. The van der Waals surface area contributed by atoms with Gasteiger partial charge >= 0.3 is 13.1 Å². The van der Waals surface area contributed by atoms with Crippen LogP contribution in [0, 0.1) is 5.92 Å². The topological polar surface area (TPSA) is 44.8 Å². The Bertz CT molecular complexity index is 426. The Kier molecular flexibility index (Phi) is 4.55. The van der Waals surface area contributed by atoms with Crippen LogP contribution in [0.25, 0.3) is 0 Å². The van der Waals surface area contributed by atoms with E-state index >= 15 is 0 Å². The summed E-state index contributed by atoms with van der Waals surface area (Å²) in [7, 11) is -0.197. The van der Waals surface area contributed by atoms with Crippen molar-refractivity contribution in [2.24, 2.45) is 5.92 Å². The fourth-order valence-electron chi connectivity index (χ4n) is 2.96. The van der Waals surface area contributed by atoms with Crippen molar-refractivity contribution in [3.8, 4) is 0 Å². The Labute approximate surface area is 128 Å². The Morgan fingerprint density at radius 2 is 1.90 bits per heavy atom. The molecular weight excluding hydrogens is 267 g/mol. The molecule has 0 spiro atoms. The molecule has 0 radical (unpaired) electrons. The molecule has 2 aliphatic rings. The fraction of sp³-hybridized carbons (Fsp3) is 0.812. The van der Waals surface area contributed by atoms with Gasteiger partial charge in [-0.2, -0.15) is 0 Å². The molecule has 1 heterocycles. The third kappa shape index (κ3) is 3.19. The van der Waals surface area contributed by atoms with Crippen LogP contribution in [0.15, 0.2) is 11.6 Å². The highest BCUT2D eigenvalue weighted by Crippen LogP contribution is 2.44. The minimum atomic E-state index is -0.300. The summed E-state index contributed by atoms with van der Waals surface area (Å²) in [4.78, 5) is 11.9. The van der Waals surface area contributed by atoms with Gasteiger partial charge in [0.15, 0.2) is 0 Å². The molecule has 4 nitrogen and oxygen atoms in total. The summed E-state index contributed by atoms with van der Waals surface area (Å²) >= 11 is 0. The molecule has 118 valence electrons. The molecule has 1 aliphatic heterocycles. The smallest absolute Gasteiger partial charge is 0.461 e. The van der Waals surface area contributed by atoms with E-state index in [1.54, 1.807) is 0 Å². The van der Waals surface area contributed by atoms with Gasteiger partial charge < -0.3 is 14.0 Å². The fourth-order valence-corrected chi connectivity index (χ4v) is 2.96. The zero-order valence-electron chi connectivity index (χ0n) is 14.1. The van der Waals surface area contributed by atoms with Gasteiger partial charge in [-0.1, -0.05) is 13.0 Å². The lowest BCUT2D eigenvalue weighted by atomic mass is 9.63. The normalized spacial score (nSPS) is 31.0. The molecule has 0 N–H and O–H groups in total. The number of rotatable bonds is 3. The van der Waals surface area contributed by atoms with Crippen LogP contribution in [0.3, 0.4) is 0 Å². The van der Waals surface area contributed by atoms with Crippen molar-refractivity contribution in [3.05, 3.63) is 11.6 Å². The predicted octanol–water partition coefficient (Wildman–Crippen LogP) is 3.37. The Hall–Kier alpha value is -0.805. The maximum atomic E-state index is 11.9. The van der Waals surface area contributed by atoms with Gasteiger partial charge in [0.2, 0.25) is 0 Å². The molecule has 1 fully saturated rings. The van der Waals surface area contributed by atoms with E-state index < -0.39 is 0 Å². The summed E-state index contributed by atoms with van der Waals surface area (Å²) in [5.41, 5.74) is 0.197. The molecular formula is C16H27BO4. The average Bonchev–Trinajstić information content (AvgIpc) is 2.58. The van der Waals surface area contributed by atoms with Gasteiger partial charge in [-0.25, -0.2) is 4.79 Å². The van der Waals surface area contributed by atoms with Crippen LogP contribution in [-0.2, 0) is 18.8 Å². The Balaban J connectivity index is 2.05. The highest BCUT2D eigenvalue weighted by molar-refractivity contribution is 6.47. The van der Waals surface area contributed by atoms with Crippen molar-refractivity contribution in [1.82, 2.24) is 0 Å². The Morgan fingerprint density at radius 1 is 1.33 bits per heavy atom. The van der Waals surface area contributed by atoms with Gasteiger partial charge in [0.1, 0.15) is 0 Å². The molecule has 1 saturated heterocycles. The summed E-state index contributed by atoms with van der Waals surface area (Å²) < 4.78 is 17.4. The van der Waals surface area contributed by atoms with Crippen LogP contribution in [0.4, 0.5) is 0 Å². The molecule has 0 saturated carbocycles. The molecule has 1 aliphatic carbocycles. The SMILES string of the molecule is CCOC(=O)C1=CCC(B2OC(C)(C)C(C)(C)O2)CC1C. The highest BCUT2D eigenvalue weighted by Gasteiger charge is 2.54. The number of hydrogen-bond acceptors (Lipinski definition) is 4. The van der Waals surface area contributed by atoms with E-state index in [0.29, 0.717) is 12.4 Å². The first kappa shape index (κ1) is 16.6. The average molecular weight is 294 g/mol. The highest BCUT2D eigenvalue weighted by atomic mass is 16.7. The zero-order valence-corrected chi connectivity index (χ0v) is 14.1. The quantitative estimate of drug-likeness (QED) is 0.591.